The highest BCUT2D eigenvalue weighted by Crippen LogP contribution is 2.37. The third-order valence-electron chi connectivity index (χ3n) is 2.97. The summed E-state index contributed by atoms with van der Waals surface area (Å²) in [6.45, 7) is 15.6. The molecule has 0 aliphatic carbocycles. The fraction of sp³-hybridized carbons (Fsp3) is 0.571. The highest BCUT2D eigenvalue weighted by Gasteiger charge is 2.26. The van der Waals surface area contributed by atoms with Gasteiger partial charge in [0.25, 0.3) is 6.47 Å². The number of hydrogen-bond acceptors (Lipinski definition) is 6. The van der Waals surface area contributed by atoms with Crippen molar-refractivity contribution < 1.29 is 27.7 Å². The first-order valence-corrected chi connectivity index (χ1v) is 9.93. The third-order valence-corrected chi connectivity index (χ3v) is 3.51. The average Bonchev–Trinajstić information content (AvgIpc) is 2.54. The van der Waals surface area contributed by atoms with E-state index in [2.05, 4.69) is 33.0 Å². The maximum absolute atomic E-state index is 13.2. The van der Waals surface area contributed by atoms with Crippen LogP contribution in [0.3, 0.4) is 0 Å². The Labute approximate surface area is 177 Å². The minimum Gasteiger partial charge on any atom is -0.425 e. The molecule has 0 saturated heterocycles. The second kappa shape index (κ2) is 11.8. The van der Waals surface area contributed by atoms with Crippen LogP contribution in [0.1, 0.15) is 61.0 Å². The van der Waals surface area contributed by atoms with Crippen LogP contribution < -0.4 is 14.8 Å². The molecular weight excluding hydrogens is 397 g/mol. The van der Waals surface area contributed by atoms with Gasteiger partial charge in [0.2, 0.25) is 5.91 Å². The molecule has 1 N–H and O–H groups in total. The second-order valence-electron chi connectivity index (χ2n) is 9.07. The normalized spacial score (nSPS) is 11.1. The Bertz CT molecular complexity index is 702. The van der Waals surface area contributed by atoms with Gasteiger partial charge in [-0.3, -0.25) is 14.4 Å². The zero-order valence-electron chi connectivity index (χ0n) is 18.5. The number of carbonyl (C=O) groups is 3. The molecule has 164 valence electrons. The number of nitrogens with one attached hydrogen (secondary N) is 1. The molecule has 0 heterocycles. The van der Waals surface area contributed by atoms with Crippen molar-refractivity contribution in [1.29, 1.82) is 0 Å². The van der Waals surface area contributed by atoms with Crippen LogP contribution in [0.4, 0.5) is 3.89 Å². The molecule has 0 saturated carbocycles. The minimum atomic E-state index is -0.762. The molecule has 0 unspecified atom stereocenters. The summed E-state index contributed by atoms with van der Waals surface area (Å²) in [5.41, 5.74) is 0.258. The molecule has 0 fully saturated rings. The van der Waals surface area contributed by atoms with Crippen molar-refractivity contribution in [3.8, 4) is 11.5 Å². The van der Waals surface area contributed by atoms with Crippen LogP contribution in [0.25, 0.3) is 0 Å². The summed E-state index contributed by atoms with van der Waals surface area (Å²) in [6.07, 6.45) is 0.327. The Morgan fingerprint density at radius 3 is 2.07 bits per heavy atom. The van der Waals surface area contributed by atoms with Gasteiger partial charge in [0.15, 0.2) is 11.5 Å². The maximum atomic E-state index is 13.2. The van der Waals surface area contributed by atoms with Gasteiger partial charge in [-0.2, -0.15) is 3.89 Å². The number of rotatable bonds is 7. The van der Waals surface area contributed by atoms with Crippen LogP contribution in [0, 0.1) is 10.8 Å². The van der Waals surface area contributed by atoms with Crippen molar-refractivity contribution in [2.45, 2.75) is 66.7 Å². The molecule has 1 rings (SSSR count). The zero-order chi connectivity index (χ0) is 22.8. The van der Waals surface area contributed by atoms with E-state index in [9.17, 15) is 18.3 Å². The summed E-state index contributed by atoms with van der Waals surface area (Å²) < 4.78 is 23.2. The lowest BCUT2D eigenvalue weighted by Gasteiger charge is -2.18. The van der Waals surface area contributed by atoms with Crippen molar-refractivity contribution in [1.82, 2.24) is 5.32 Å². The molecule has 0 aliphatic heterocycles. The number of hydrogen-bond donors (Lipinski definition) is 1. The van der Waals surface area contributed by atoms with Crippen molar-refractivity contribution in [3.63, 3.8) is 0 Å². The fourth-order valence-electron chi connectivity index (χ4n) is 1.70. The van der Waals surface area contributed by atoms with E-state index >= 15 is 0 Å². The summed E-state index contributed by atoms with van der Waals surface area (Å²) >= 11 is -0.0217. The van der Waals surface area contributed by atoms with E-state index in [1.807, 2.05) is 0 Å². The number of benzene rings is 1. The smallest absolute Gasteiger partial charge is 0.316 e. The summed E-state index contributed by atoms with van der Waals surface area (Å²) in [7, 11) is 0. The summed E-state index contributed by atoms with van der Waals surface area (Å²) in [6, 6.07) is 2.72. The average molecular weight is 430 g/mol. The monoisotopic (exact) mass is 429 g/mol. The largest absolute Gasteiger partial charge is 0.425 e. The van der Waals surface area contributed by atoms with Crippen LogP contribution in [0.5, 0.6) is 11.5 Å². The van der Waals surface area contributed by atoms with Crippen LogP contribution in [0.15, 0.2) is 17.0 Å². The van der Waals surface area contributed by atoms with Crippen molar-refractivity contribution in [3.05, 3.63) is 17.7 Å². The Morgan fingerprint density at radius 1 is 1.10 bits per heavy atom. The molecule has 0 atom stereocenters. The van der Waals surface area contributed by atoms with Gasteiger partial charge in [-0.1, -0.05) is 27.7 Å². The molecule has 0 aliphatic rings. The zero-order valence-corrected chi connectivity index (χ0v) is 19.3. The molecule has 0 spiro atoms. The first kappa shape index (κ1) is 26.9. The minimum absolute atomic E-state index is 0.0217. The Balaban J connectivity index is 0.00000139. The Hall–Kier alpha value is -2.09. The van der Waals surface area contributed by atoms with E-state index in [-0.39, 0.29) is 40.9 Å². The first-order valence-electron chi connectivity index (χ1n) is 9.21. The van der Waals surface area contributed by atoms with Gasteiger partial charge in [-0.15, -0.1) is 0 Å². The van der Waals surface area contributed by atoms with E-state index in [1.54, 1.807) is 20.8 Å². The van der Waals surface area contributed by atoms with Crippen molar-refractivity contribution in [2.75, 3.05) is 6.54 Å². The number of ether oxygens (including phenoxy) is 2. The molecule has 0 radical (unpaired) electrons. The highest BCUT2D eigenvalue weighted by atomic mass is 32.2. The van der Waals surface area contributed by atoms with E-state index < -0.39 is 11.4 Å². The second-order valence-corrected chi connectivity index (χ2v) is 9.66. The number of esters is 1. The van der Waals surface area contributed by atoms with Crippen LogP contribution in [-0.4, -0.2) is 24.9 Å². The van der Waals surface area contributed by atoms with E-state index in [1.165, 1.54) is 19.1 Å². The molecule has 0 bridgehead atoms. The van der Waals surface area contributed by atoms with Crippen molar-refractivity contribution in [2.24, 2.45) is 10.8 Å². The molecule has 8 heteroatoms. The third kappa shape index (κ3) is 12.2. The van der Waals surface area contributed by atoms with Crippen LogP contribution in [-0.2, 0) is 20.8 Å². The summed E-state index contributed by atoms with van der Waals surface area (Å²) in [5, 5.41) is 2.60. The lowest BCUT2D eigenvalue weighted by molar-refractivity contribution is -0.143. The van der Waals surface area contributed by atoms with Crippen molar-refractivity contribution >= 4 is 30.5 Å². The summed E-state index contributed by atoms with van der Waals surface area (Å²) in [5.74, 6) is -0.750. The van der Waals surface area contributed by atoms with Gasteiger partial charge in [0.05, 0.1) is 17.6 Å². The van der Waals surface area contributed by atoms with Crippen LogP contribution in [0.2, 0.25) is 0 Å². The Morgan fingerprint density at radius 2 is 1.66 bits per heavy atom. The van der Waals surface area contributed by atoms with Gasteiger partial charge in [0.1, 0.15) is 0 Å². The van der Waals surface area contributed by atoms with Gasteiger partial charge < -0.3 is 14.8 Å². The SMILES string of the molecule is CC(=O)NCCc1cc(OC(=O)C(C)(C)C)c(OC=O)cc1SF.CC(C)(C)C. The molecule has 1 amide bonds. The van der Waals surface area contributed by atoms with E-state index in [0.29, 0.717) is 23.9 Å². The van der Waals surface area contributed by atoms with E-state index in [0.717, 1.165) is 0 Å². The van der Waals surface area contributed by atoms with Crippen LogP contribution >= 0.6 is 12.1 Å². The lowest BCUT2D eigenvalue weighted by atomic mass is 9.97. The fourth-order valence-corrected chi connectivity index (χ4v) is 2.11. The number of amides is 1. The van der Waals surface area contributed by atoms with Gasteiger partial charge >= 0.3 is 5.97 Å². The highest BCUT2D eigenvalue weighted by molar-refractivity contribution is 7.94. The lowest BCUT2D eigenvalue weighted by Crippen LogP contribution is -2.26. The predicted molar refractivity (Wildman–Crippen MR) is 113 cm³/mol. The topological polar surface area (TPSA) is 81.7 Å². The molecule has 0 aromatic heterocycles. The molecule has 1 aromatic rings. The number of halogens is 1. The first-order chi connectivity index (χ1) is 13.2. The predicted octanol–water partition coefficient (Wildman–Crippen LogP) is 4.88. The quantitative estimate of drug-likeness (QED) is 0.378. The summed E-state index contributed by atoms with van der Waals surface area (Å²) in [4.78, 5) is 33.8. The van der Waals surface area contributed by atoms with Gasteiger partial charge in [-0.25, -0.2) is 0 Å². The Kier molecular flexibility index (Phi) is 11.0. The standard InChI is InChI=1S/C16H20FNO5S.C5H12/c1-10(20)18-6-5-11-7-13(23-15(21)16(2,3)4)12(22-9-19)8-14(11)24-17;1-5(2,3)4/h7-9H,5-6H2,1-4H3,(H,18,20);1-4H3. The number of carbonyl (C=O) groups excluding carboxylic acids is 3. The molecule has 6 nitrogen and oxygen atoms in total. The van der Waals surface area contributed by atoms with E-state index in [4.69, 9.17) is 9.47 Å². The molecular formula is C21H32FNO5S. The molecule has 29 heavy (non-hydrogen) atoms. The van der Waals surface area contributed by atoms with Gasteiger partial charge in [0, 0.05) is 24.4 Å². The molecule has 1 aromatic carbocycles. The maximum Gasteiger partial charge on any atom is 0.316 e. The van der Waals surface area contributed by atoms with Gasteiger partial charge in [-0.05, 0) is 44.2 Å².